The van der Waals surface area contributed by atoms with Crippen molar-refractivity contribution in [3.05, 3.63) is 15.6 Å². The van der Waals surface area contributed by atoms with Gasteiger partial charge in [-0.05, 0) is 19.8 Å². The summed E-state index contributed by atoms with van der Waals surface area (Å²) in [4.78, 5) is 23.8. The summed E-state index contributed by atoms with van der Waals surface area (Å²) in [5.74, 6) is 0.496. The van der Waals surface area contributed by atoms with Gasteiger partial charge in [0.05, 0.1) is 39.4 Å². The highest BCUT2D eigenvalue weighted by Gasteiger charge is 2.54. The molecular weight excluding hydrogens is 479 g/mol. The molecule has 7 nitrogen and oxygen atoms in total. The Morgan fingerprint density at radius 3 is 2.63 bits per heavy atom. The highest BCUT2D eigenvalue weighted by atomic mass is 127. The molecule has 0 aromatic carbocycles. The molecule has 2 unspecified atom stereocenters. The van der Waals surface area contributed by atoms with E-state index in [9.17, 15) is 9.00 Å². The van der Waals surface area contributed by atoms with Gasteiger partial charge in [0.1, 0.15) is 5.82 Å². The van der Waals surface area contributed by atoms with Crippen molar-refractivity contribution in [1.29, 1.82) is 0 Å². The minimum Gasteiger partial charge on any atom is -0.377 e. The van der Waals surface area contributed by atoms with Crippen molar-refractivity contribution >= 4 is 44.0 Å². The molecule has 1 aromatic rings. The van der Waals surface area contributed by atoms with Gasteiger partial charge < -0.3 is 9.64 Å². The number of carbonyl (C=O) groups is 1. The van der Waals surface area contributed by atoms with Crippen LogP contribution in [0.25, 0.3) is 0 Å². The maximum atomic E-state index is 13.5. The van der Waals surface area contributed by atoms with E-state index in [1.807, 2.05) is 6.07 Å². The van der Waals surface area contributed by atoms with Gasteiger partial charge in [0.2, 0.25) is 0 Å². The minimum atomic E-state index is -2.77. The minimum absolute atomic E-state index is 0.214. The van der Waals surface area contributed by atoms with Crippen molar-refractivity contribution in [2.75, 3.05) is 30.9 Å². The van der Waals surface area contributed by atoms with Crippen LogP contribution in [0.1, 0.15) is 46.2 Å². The summed E-state index contributed by atoms with van der Waals surface area (Å²) in [6, 6.07) is 2.14. The lowest BCUT2D eigenvalue weighted by Crippen LogP contribution is -2.44. The summed E-state index contributed by atoms with van der Waals surface area (Å²) in [6.45, 7) is 9.54. The Morgan fingerprint density at radius 2 is 2.07 bits per heavy atom. The van der Waals surface area contributed by atoms with E-state index in [0.29, 0.717) is 29.9 Å². The van der Waals surface area contributed by atoms with E-state index in [0.717, 1.165) is 18.1 Å². The molecule has 0 bridgehead atoms. The van der Waals surface area contributed by atoms with Crippen LogP contribution in [0.4, 0.5) is 5.82 Å². The fraction of sp³-hybridized carbons (Fsp3) is 0.722. The average Bonchev–Trinajstić information content (AvgIpc) is 3.35. The van der Waals surface area contributed by atoms with Crippen LogP contribution in [-0.4, -0.2) is 52.1 Å². The molecule has 0 radical (unpaired) electrons. The Morgan fingerprint density at radius 1 is 1.41 bits per heavy atom. The van der Waals surface area contributed by atoms with Gasteiger partial charge in [-0.3, -0.25) is 4.79 Å². The number of morpholine rings is 1. The molecule has 0 spiro atoms. The number of hydrogen-bond acceptors (Lipinski definition) is 6. The number of nitrogens with zero attached hydrogens (tertiary/aromatic N) is 4. The molecule has 2 atom stereocenters. The monoisotopic (exact) mass is 506 g/mol. The molecule has 27 heavy (non-hydrogen) atoms. The predicted molar refractivity (Wildman–Crippen MR) is 114 cm³/mol. The van der Waals surface area contributed by atoms with Crippen LogP contribution in [0.15, 0.2) is 10.4 Å². The van der Waals surface area contributed by atoms with Crippen molar-refractivity contribution in [3.63, 3.8) is 0 Å². The highest BCUT2D eigenvalue weighted by Crippen LogP contribution is 2.53. The van der Waals surface area contributed by atoms with E-state index in [2.05, 4.69) is 48.7 Å². The normalized spacial score (nSPS) is 24.2. The second kappa shape index (κ2) is 7.22. The molecule has 150 valence electrons. The van der Waals surface area contributed by atoms with Crippen molar-refractivity contribution in [2.24, 2.45) is 9.78 Å². The molecule has 2 heterocycles. The Hall–Kier alpha value is -0.810. The molecule has 1 saturated heterocycles. The molecule has 0 N–H and O–H groups in total. The first-order valence-electron chi connectivity index (χ1n) is 9.12. The fourth-order valence-corrected chi connectivity index (χ4v) is 5.80. The molecule has 3 rings (SSSR count). The van der Waals surface area contributed by atoms with Crippen LogP contribution < -0.4 is 4.90 Å². The summed E-state index contributed by atoms with van der Waals surface area (Å²) in [5, 5.41) is 0. The molecule has 1 saturated carbocycles. The van der Waals surface area contributed by atoms with Gasteiger partial charge in [-0.15, -0.1) is 0 Å². The summed E-state index contributed by atoms with van der Waals surface area (Å²) < 4.78 is 23.1. The molecule has 1 amide bonds. The van der Waals surface area contributed by atoms with E-state index >= 15 is 0 Å². The summed E-state index contributed by atoms with van der Waals surface area (Å²) in [5.41, 5.74) is 0.0806. The summed E-state index contributed by atoms with van der Waals surface area (Å²) >= 11 is 2.10. The maximum Gasteiger partial charge on any atom is 0.259 e. The average molecular weight is 506 g/mol. The molecule has 2 aliphatic rings. The number of carbonyl (C=O) groups excluding carboxylic acids is 1. The van der Waals surface area contributed by atoms with Gasteiger partial charge >= 0.3 is 0 Å². The third-order valence-corrected chi connectivity index (χ3v) is 8.21. The van der Waals surface area contributed by atoms with Crippen LogP contribution in [0.2, 0.25) is 0 Å². The molecular formula is C18H27IN4O3S. The summed E-state index contributed by atoms with van der Waals surface area (Å²) in [6.07, 6.45) is 3.03. The fourth-order valence-electron chi connectivity index (χ4n) is 3.18. The van der Waals surface area contributed by atoms with Crippen molar-refractivity contribution < 1.29 is 13.7 Å². The lowest BCUT2D eigenvalue weighted by molar-refractivity contribution is -0.124. The van der Waals surface area contributed by atoms with E-state index in [-0.39, 0.29) is 11.9 Å². The third-order valence-electron chi connectivity index (χ3n) is 5.14. The van der Waals surface area contributed by atoms with E-state index < -0.39 is 19.9 Å². The SMILES string of the molecule is CC1COCCN1c1cc(C2(S(C)(=O)=NC(=O)C(C)(C)C)CC2)nc(I)n1. The lowest BCUT2D eigenvalue weighted by Gasteiger charge is -2.34. The number of ether oxygens (including phenoxy) is 1. The van der Waals surface area contributed by atoms with Crippen LogP contribution in [0.3, 0.4) is 0 Å². The standard InChI is InChI=1S/C18H27IN4O3S/c1-12-11-26-9-8-23(12)14-10-13(20-16(19)21-14)18(6-7-18)27(5,25)22-15(24)17(2,3)4/h10,12H,6-9,11H2,1-5H3. The van der Waals surface area contributed by atoms with E-state index in [1.54, 1.807) is 27.0 Å². The predicted octanol–water partition coefficient (Wildman–Crippen LogP) is 2.97. The van der Waals surface area contributed by atoms with Gasteiger partial charge in [-0.2, -0.15) is 4.36 Å². The van der Waals surface area contributed by atoms with Crippen molar-refractivity contribution in [1.82, 2.24) is 9.97 Å². The first-order valence-corrected chi connectivity index (χ1v) is 12.1. The topological polar surface area (TPSA) is 84.8 Å². The highest BCUT2D eigenvalue weighted by molar-refractivity contribution is 14.1. The zero-order valence-electron chi connectivity index (χ0n) is 16.5. The van der Waals surface area contributed by atoms with Gasteiger partial charge in [0, 0.05) is 46.9 Å². The third kappa shape index (κ3) is 4.14. The number of rotatable bonds is 3. The smallest absolute Gasteiger partial charge is 0.259 e. The van der Waals surface area contributed by atoms with E-state index in [4.69, 9.17) is 4.74 Å². The molecule has 1 aliphatic heterocycles. The van der Waals surface area contributed by atoms with Crippen LogP contribution in [-0.2, 0) is 24.0 Å². The quantitative estimate of drug-likeness (QED) is 0.463. The number of hydrogen-bond donors (Lipinski definition) is 0. The Bertz CT molecular complexity index is 870. The summed E-state index contributed by atoms with van der Waals surface area (Å²) in [7, 11) is -2.77. The first kappa shape index (κ1) is 20.9. The molecule has 9 heteroatoms. The van der Waals surface area contributed by atoms with Gasteiger partial charge in [-0.1, -0.05) is 20.8 Å². The van der Waals surface area contributed by atoms with E-state index in [1.165, 1.54) is 0 Å². The molecule has 1 aromatic heterocycles. The second-order valence-electron chi connectivity index (χ2n) is 8.44. The largest absolute Gasteiger partial charge is 0.377 e. The second-order valence-corrected chi connectivity index (χ2v) is 12.0. The zero-order chi connectivity index (χ0) is 20.0. The lowest BCUT2D eigenvalue weighted by atomic mass is 9.96. The van der Waals surface area contributed by atoms with Crippen LogP contribution >= 0.6 is 22.6 Å². The Kier molecular flexibility index (Phi) is 5.59. The molecule has 1 aliphatic carbocycles. The van der Waals surface area contributed by atoms with Crippen LogP contribution in [0, 0.1) is 9.25 Å². The molecule has 2 fully saturated rings. The van der Waals surface area contributed by atoms with Gasteiger partial charge in [0.25, 0.3) is 5.91 Å². The van der Waals surface area contributed by atoms with Crippen molar-refractivity contribution in [2.45, 2.75) is 51.3 Å². The maximum absolute atomic E-state index is 13.5. The van der Waals surface area contributed by atoms with Gasteiger partial charge in [0.15, 0.2) is 3.83 Å². The zero-order valence-corrected chi connectivity index (χ0v) is 19.5. The number of anilines is 1. The number of aromatic nitrogens is 2. The van der Waals surface area contributed by atoms with Crippen molar-refractivity contribution in [3.8, 4) is 0 Å². The Balaban J connectivity index is 2.02. The van der Waals surface area contributed by atoms with Crippen LogP contribution in [0.5, 0.6) is 0 Å². The first-order chi connectivity index (χ1) is 12.5. The number of amides is 1. The van der Waals surface area contributed by atoms with Gasteiger partial charge in [-0.25, -0.2) is 14.2 Å². The number of halogens is 1. The Labute approximate surface area is 175 Å².